The number of alkyl halides is 3. The molecule has 2 rings (SSSR count). The molecule has 0 aliphatic carbocycles. The van der Waals surface area contributed by atoms with Crippen molar-refractivity contribution in [3.63, 3.8) is 0 Å². The number of nitrogens with zero attached hydrogens (tertiary/aromatic N) is 5. The summed E-state index contributed by atoms with van der Waals surface area (Å²) in [5.74, 6) is 0.577. The van der Waals surface area contributed by atoms with Gasteiger partial charge in [-0.05, 0) is 23.4 Å². The Morgan fingerprint density at radius 3 is 2.60 bits per heavy atom. The van der Waals surface area contributed by atoms with E-state index in [2.05, 4.69) is 20.5 Å². The Hall–Kier alpha value is -1.35. The summed E-state index contributed by atoms with van der Waals surface area (Å²) in [5.41, 5.74) is -0.875. The predicted molar refractivity (Wildman–Crippen MR) is 67.3 cm³/mol. The van der Waals surface area contributed by atoms with Gasteiger partial charge in [0.2, 0.25) is 0 Å². The SMILES string of the molecule is C[C@H](Sc1ncc(C(F)(F)F)cc1Cl)c1nnnn1C. The minimum atomic E-state index is -4.46. The van der Waals surface area contributed by atoms with Crippen LogP contribution in [0.3, 0.4) is 0 Å². The molecular formula is C10H9ClF3N5S. The third-order valence-corrected chi connectivity index (χ3v) is 3.95. The second-order valence-corrected chi connectivity index (χ2v) is 5.67. The first-order chi connectivity index (χ1) is 9.29. The molecule has 10 heteroatoms. The molecule has 0 bridgehead atoms. The number of aryl methyl sites for hydroxylation is 1. The number of rotatable bonds is 3. The summed E-state index contributed by atoms with van der Waals surface area (Å²) < 4.78 is 39.0. The van der Waals surface area contributed by atoms with Crippen LogP contribution in [0.5, 0.6) is 0 Å². The summed E-state index contributed by atoms with van der Waals surface area (Å²) in [5, 5.41) is 11.1. The first kappa shape index (κ1) is 15.0. The van der Waals surface area contributed by atoms with Gasteiger partial charge < -0.3 is 0 Å². The van der Waals surface area contributed by atoms with E-state index in [0.29, 0.717) is 10.9 Å². The largest absolute Gasteiger partial charge is 0.417 e. The van der Waals surface area contributed by atoms with Gasteiger partial charge in [-0.2, -0.15) is 13.2 Å². The Labute approximate surface area is 121 Å². The highest BCUT2D eigenvalue weighted by Gasteiger charge is 2.31. The molecule has 1 atom stereocenters. The number of hydrogen-bond donors (Lipinski definition) is 0. The van der Waals surface area contributed by atoms with Gasteiger partial charge in [0.05, 0.1) is 15.8 Å². The van der Waals surface area contributed by atoms with E-state index < -0.39 is 11.7 Å². The Morgan fingerprint density at radius 2 is 2.10 bits per heavy atom. The standard InChI is InChI=1S/C10H9ClF3N5S/c1-5(8-16-17-18-19(8)2)20-9-7(11)3-6(4-15-9)10(12,13)14/h3-5H,1-2H3/t5-/m0/s1. The number of thioether (sulfide) groups is 1. The van der Waals surface area contributed by atoms with Gasteiger partial charge in [0, 0.05) is 13.2 Å². The van der Waals surface area contributed by atoms with E-state index in [1.54, 1.807) is 7.05 Å². The number of halogens is 4. The van der Waals surface area contributed by atoms with E-state index >= 15 is 0 Å². The maximum Gasteiger partial charge on any atom is 0.417 e. The van der Waals surface area contributed by atoms with Crippen LogP contribution in [0.15, 0.2) is 17.3 Å². The lowest BCUT2D eigenvalue weighted by molar-refractivity contribution is -0.137. The highest BCUT2D eigenvalue weighted by atomic mass is 35.5. The van der Waals surface area contributed by atoms with Crippen molar-refractivity contribution in [1.82, 2.24) is 25.2 Å². The number of pyridine rings is 1. The first-order valence-electron chi connectivity index (χ1n) is 5.40. The Balaban J connectivity index is 2.21. The van der Waals surface area contributed by atoms with Crippen molar-refractivity contribution in [3.8, 4) is 0 Å². The topological polar surface area (TPSA) is 56.5 Å². The second kappa shape index (κ2) is 5.57. The fraction of sp³-hybridized carbons (Fsp3) is 0.400. The quantitative estimate of drug-likeness (QED) is 0.812. The van der Waals surface area contributed by atoms with Crippen molar-refractivity contribution in [2.45, 2.75) is 23.4 Å². The molecule has 108 valence electrons. The molecule has 0 fully saturated rings. The average Bonchev–Trinajstić information content (AvgIpc) is 2.76. The third kappa shape index (κ3) is 3.21. The molecule has 0 N–H and O–H groups in total. The summed E-state index contributed by atoms with van der Waals surface area (Å²) in [6.45, 7) is 1.81. The van der Waals surface area contributed by atoms with E-state index in [1.807, 2.05) is 6.92 Å². The molecule has 0 aliphatic rings. The van der Waals surface area contributed by atoms with Crippen molar-refractivity contribution in [2.75, 3.05) is 0 Å². The van der Waals surface area contributed by atoms with Crippen LogP contribution >= 0.6 is 23.4 Å². The lowest BCUT2D eigenvalue weighted by Crippen LogP contribution is -2.06. The fourth-order valence-corrected chi connectivity index (χ4v) is 2.69. The Bertz CT molecular complexity index is 615. The summed E-state index contributed by atoms with van der Waals surface area (Å²) in [6.07, 6.45) is -3.70. The lowest BCUT2D eigenvalue weighted by Gasteiger charge is -2.11. The average molecular weight is 324 g/mol. The zero-order chi connectivity index (χ0) is 14.9. The molecule has 5 nitrogen and oxygen atoms in total. The smallest absolute Gasteiger partial charge is 0.248 e. The van der Waals surface area contributed by atoms with Gasteiger partial charge in [-0.3, -0.25) is 0 Å². The zero-order valence-corrected chi connectivity index (χ0v) is 12.0. The van der Waals surface area contributed by atoms with Crippen molar-refractivity contribution in [2.24, 2.45) is 7.05 Å². The maximum atomic E-state index is 12.5. The number of hydrogen-bond acceptors (Lipinski definition) is 5. The maximum absolute atomic E-state index is 12.5. The van der Waals surface area contributed by atoms with Crippen LogP contribution in [-0.2, 0) is 13.2 Å². The molecule has 2 aromatic heterocycles. The van der Waals surface area contributed by atoms with Crippen molar-refractivity contribution >= 4 is 23.4 Å². The van der Waals surface area contributed by atoms with Gasteiger partial charge in [0.25, 0.3) is 0 Å². The van der Waals surface area contributed by atoms with Crippen LogP contribution in [0, 0.1) is 0 Å². The summed E-state index contributed by atoms with van der Waals surface area (Å²) in [7, 11) is 1.67. The molecule has 2 aromatic rings. The molecule has 20 heavy (non-hydrogen) atoms. The molecule has 0 aromatic carbocycles. The molecule has 0 amide bonds. The van der Waals surface area contributed by atoms with Crippen LogP contribution in [-0.4, -0.2) is 25.2 Å². The van der Waals surface area contributed by atoms with Crippen LogP contribution in [0.4, 0.5) is 13.2 Å². The highest BCUT2D eigenvalue weighted by molar-refractivity contribution is 7.99. The van der Waals surface area contributed by atoms with E-state index in [4.69, 9.17) is 11.6 Å². The van der Waals surface area contributed by atoms with Gasteiger partial charge in [-0.15, -0.1) is 5.10 Å². The minimum absolute atomic E-state index is 0.0493. The van der Waals surface area contributed by atoms with Crippen molar-refractivity contribution < 1.29 is 13.2 Å². The highest BCUT2D eigenvalue weighted by Crippen LogP contribution is 2.38. The Morgan fingerprint density at radius 1 is 1.40 bits per heavy atom. The van der Waals surface area contributed by atoms with Gasteiger partial charge >= 0.3 is 6.18 Å². The molecule has 0 unspecified atom stereocenters. The van der Waals surface area contributed by atoms with E-state index in [9.17, 15) is 13.2 Å². The van der Waals surface area contributed by atoms with Crippen LogP contribution in [0.2, 0.25) is 5.02 Å². The van der Waals surface area contributed by atoms with E-state index in [1.165, 1.54) is 16.4 Å². The third-order valence-electron chi connectivity index (χ3n) is 2.44. The summed E-state index contributed by atoms with van der Waals surface area (Å²) in [6, 6.07) is 0.860. The zero-order valence-electron chi connectivity index (χ0n) is 10.4. The van der Waals surface area contributed by atoms with Gasteiger partial charge in [-0.25, -0.2) is 9.67 Å². The van der Waals surface area contributed by atoms with Crippen LogP contribution in [0.25, 0.3) is 0 Å². The predicted octanol–water partition coefficient (Wildman–Crippen LogP) is 3.13. The Kier molecular flexibility index (Phi) is 4.19. The minimum Gasteiger partial charge on any atom is -0.248 e. The molecule has 0 saturated carbocycles. The monoisotopic (exact) mass is 323 g/mol. The summed E-state index contributed by atoms with van der Waals surface area (Å²) >= 11 is 7.03. The van der Waals surface area contributed by atoms with Gasteiger partial charge in [0.15, 0.2) is 5.82 Å². The normalized spacial score (nSPS) is 13.5. The molecule has 0 spiro atoms. The molecule has 2 heterocycles. The molecule has 0 saturated heterocycles. The van der Waals surface area contributed by atoms with E-state index in [-0.39, 0.29) is 10.3 Å². The van der Waals surface area contributed by atoms with E-state index in [0.717, 1.165) is 12.3 Å². The second-order valence-electron chi connectivity index (χ2n) is 3.93. The summed E-state index contributed by atoms with van der Waals surface area (Å²) in [4.78, 5) is 3.76. The van der Waals surface area contributed by atoms with Gasteiger partial charge in [-0.1, -0.05) is 23.4 Å². The van der Waals surface area contributed by atoms with Crippen LogP contribution in [0.1, 0.15) is 23.6 Å². The molecule has 0 radical (unpaired) electrons. The lowest BCUT2D eigenvalue weighted by atomic mass is 10.3. The first-order valence-corrected chi connectivity index (χ1v) is 6.66. The molecule has 0 aliphatic heterocycles. The number of tetrazole rings is 1. The van der Waals surface area contributed by atoms with Crippen molar-refractivity contribution in [1.29, 1.82) is 0 Å². The van der Waals surface area contributed by atoms with Crippen molar-refractivity contribution in [3.05, 3.63) is 28.7 Å². The van der Waals surface area contributed by atoms with Crippen LogP contribution < -0.4 is 0 Å². The fourth-order valence-electron chi connectivity index (χ4n) is 1.47. The number of aromatic nitrogens is 5. The molecular weight excluding hydrogens is 315 g/mol. The van der Waals surface area contributed by atoms with Gasteiger partial charge in [0.1, 0.15) is 5.03 Å².